The van der Waals surface area contributed by atoms with Crippen molar-refractivity contribution in [2.75, 3.05) is 63.0 Å². The fourth-order valence-electron chi connectivity index (χ4n) is 4.36. The van der Waals surface area contributed by atoms with Gasteiger partial charge in [0.25, 0.3) is 0 Å². The molecular formula is C26H37N3O6P2S. The molecule has 1 fully saturated rings. The molecule has 0 spiro atoms. The van der Waals surface area contributed by atoms with E-state index < -0.39 is 20.9 Å². The summed E-state index contributed by atoms with van der Waals surface area (Å²) < 4.78 is 51.0. The Kier molecular flexibility index (Phi) is 9.69. The van der Waals surface area contributed by atoms with Crippen LogP contribution in [-0.4, -0.2) is 64.3 Å². The molecule has 1 aliphatic rings. The lowest BCUT2D eigenvalue weighted by molar-refractivity contribution is 0.212. The second-order valence-corrected chi connectivity index (χ2v) is 14.7. The number of benzene rings is 1. The molecule has 208 valence electrons. The molecule has 0 amide bonds. The van der Waals surface area contributed by atoms with E-state index in [0.29, 0.717) is 0 Å². The Bertz CT molecular complexity index is 1300. The van der Waals surface area contributed by atoms with Crippen molar-refractivity contribution in [2.45, 2.75) is 32.5 Å². The number of pyridine rings is 1. The monoisotopic (exact) mass is 581 g/mol. The van der Waals surface area contributed by atoms with Gasteiger partial charge in [0.2, 0.25) is 0 Å². The second kappa shape index (κ2) is 12.6. The molecule has 0 radical (unpaired) electrons. The topological polar surface area (TPSA) is 90.4 Å². The molecule has 3 atom stereocenters. The van der Waals surface area contributed by atoms with Crippen molar-refractivity contribution in [3.8, 4) is 0 Å². The van der Waals surface area contributed by atoms with Gasteiger partial charge in [-0.25, -0.2) is 4.98 Å². The van der Waals surface area contributed by atoms with Gasteiger partial charge in [-0.15, -0.1) is 11.3 Å². The third-order valence-corrected chi connectivity index (χ3v) is 12.5. The van der Waals surface area contributed by atoms with Gasteiger partial charge in [-0.1, -0.05) is 6.07 Å². The van der Waals surface area contributed by atoms with Crippen LogP contribution in [0.15, 0.2) is 48.7 Å². The lowest BCUT2D eigenvalue weighted by Gasteiger charge is -2.26. The number of hydrogen-bond acceptors (Lipinski definition) is 10. The van der Waals surface area contributed by atoms with Crippen molar-refractivity contribution in [2.24, 2.45) is 0 Å². The van der Waals surface area contributed by atoms with E-state index in [1.807, 2.05) is 38.2 Å². The van der Waals surface area contributed by atoms with Crippen LogP contribution in [0.4, 0.5) is 11.5 Å². The molecule has 3 heterocycles. The van der Waals surface area contributed by atoms with Crippen LogP contribution in [0.2, 0.25) is 0 Å². The van der Waals surface area contributed by atoms with E-state index in [9.17, 15) is 9.13 Å². The highest BCUT2D eigenvalue weighted by atomic mass is 32.1. The van der Waals surface area contributed by atoms with Crippen molar-refractivity contribution in [1.29, 1.82) is 0 Å². The normalized spacial score (nSPS) is 20.6. The van der Waals surface area contributed by atoms with E-state index in [1.165, 1.54) is 11.3 Å². The molecule has 2 aromatic heterocycles. The zero-order chi connectivity index (χ0) is 27.3. The van der Waals surface area contributed by atoms with E-state index in [-0.39, 0.29) is 32.1 Å². The Morgan fingerprint density at radius 2 is 1.87 bits per heavy atom. The fourth-order valence-corrected chi connectivity index (χ4v) is 10.9. The maximum Gasteiger partial charge on any atom is 0.339 e. The van der Waals surface area contributed by atoms with Gasteiger partial charge in [-0.05, 0) is 62.6 Å². The minimum Gasteiger partial charge on any atom is -0.373 e. The van der Waals surface area contributed by atoms with Crippen molar-refractivity contribution in [3.05, 3.63) is 53.5 Å². The molecule has 1 saturated heterocycles. The van der Waals surface area contributed by atoms with E-state index in [0.717, 1.165) is 39.6 Å². The number of aromatic nitrogens is 1. The lowest BCUT2D eigenvalue weighted by Crippen LogP contribution is -2.31. The van der Waals surface area contributed by atoms with E-state index in [2.05, 4.69) is 40.0 Å². The lowest BCUT2D eigenvalue weighted by atomic mass is 10.2. The summed E-state index contributed by atoms with van der Waals surface area (Å²) in [5, 5.41) is 1.01. The van der Waals surface area contributed by atoms with Gasteiger partial charge in [0.05, 0.1) is 32.1 Å². The maximum atomic E-state index is 14.0. The predicted molar refractivity (Wildman–Crippen MR) is 155 cm³/mol. The van der Waals surface area contributed by atoms with E-state index in [4.69, 9.17) is 18.1 Å². The first kappa shape index (κ1) is 29.2. The van der Waals surface area contributed by atoms with E-state index >= 15 is 0 Å². The zero-order valence-corrected chi connectivity index (χ0v) is 25.2. The molecule has 38 heavy (non-hydrogen) atoms. The van der Waals surface area contributed by atoms with Gasteiger partial charge in [-0.3, -0.25) is 9.13 Å². The first-order valence-electron chi connectivity index (χ1n) is 12.8. The molecule has 0 aliphatic carbocycles. The third kappa shape index (κ3) is 6.86. The molecule has 4 rings (SSSR count). The van der Waals surface area contributed by atoms with Crippen LogP contribution in [0.1, 0.15) is 31.3 Å². The molecule has 0 bridgehead atoms. The van der Waals surface area contributed by atoms with Gasteiger partial charge >= 0.3 is 15.2 Å². The number of fused-ring (bicyclic) bond motifs is 1. The van der Waals surface area contributed by atoms with Gasteiger partial charge in [0, 0.05) is 48.6 Å². The highest BCUT2D eigenvalue weighted by Gasteiger charge is 2.46. The maximum absolute atomic E-state index is 14.0. The third-order valence-electron chi connectivity index (χ3n) is 6.34. The van der Waals surface area contributed by atoms with Crippen molar-refractivity contribution in [1.82, 2.24) is 4.98 Å². The van der Waals surface area contributed by atoms with Crippen LogP contribution in [-0.2, 0) is 27.2 Å². The van der Waals surface area contributed by atoms with Crippen molar-refractivity contribution in [3.63, 3.8) is 0 Å². The SMILES string of the molecule is CCOP(=O)(OCC)C(CP1(=O)OC[C@@H](C)O1)c1cc2cc(N(C)CCN(C)c3ccccn3)ccc2s1. The number of nitrogens with zero attached hydrogens (tertiary/aromatic N) is 3. The molecular weight excluding hydrogens is 544 g/mol. The number of anilines is 2. The molecule has 3 aromatic rings. The molecule has 1 aliphatic heterocycles. The summed E-state index contributed by atoms with van der Waals surface area (Å²) in [6, 6.07) is 14.1. The molecule has 0 N–H and O–H groups in total. The summed E-state index contributed by atoms with van der Waals surface area (Å²) in [5.74, 6) is 0.932. The summed E-state index contributed by atoms with van der Waals surface area (Å²) in [5.41, 5.74) is 0.304. The van der Waals surface area contributed by atoms with Crippen LogP contribution in [0.3, 0.4) is 0 Å². The van der Waals surface area contributed by atoms with Crippen LogP contribution in [0, 0.1) is 0 Å². The Morgan fingerprint density at radius 1 is 1.13 bits per heavy atom. The van der Waals surface area contributed by atoms with Crippen LogP contribution >= 0.6 is 26.5 Å². The number of rotatable bonds is 13. The Labute approximate surface area is 229 Å². The highest BCUT2D eigenvalue weighted by molar-refractivity contribution is 7.58. The summed E-state index contributed by atoms with van der Waals surface area (Å²) in [4.78, 5) is 9.50. The number of likely N-dealkylation sites (N-methyl/N-ethyl adjacent to an activating group) is 2. The highest BCUT2D eigenvalue weighted by Crippen LogP contribution is 2.68. The predicted octanol–water partition coefficient (Wildman–Crippen LogP) is 6.80. The first-order valence-corrected chi connectivity index (χ1v) is 17.0. The fraction of sp³-hybridized carbons (Fsp3) is 0.500. The largest absolute Gasteiger partial charge is 0.373 e. The van der Waals surface area contributed by atoms with Gasteiger partial charge in [-0.2, -0.15) is 0 Å². The summed E-state index contributed by atoms with van der Waals surface area (Å²) >= 11 is 1.50. The van der Waals surface area contributed by atoms with Crippen molar-refractivity contribution >= 4 is 48.1 Å². The Morgan fingerprint density at radius 3 is 2.50 bits per heavy atom. The Balaban J connectivity index is 1.58. The van der Waals surface area contributed by atoms with Crippen LogP contribution in [0.25, 0.3) is 10.1 Å². The minimum atomic E-state index is -3.65. The Hall–Kier alpha value is -1.77. The van der Waals surface area contributed by atoms with Crippen molar-refractivity contribution < 1.29 is 27.2 Å². The molecule has 1 aromatic carbocycles. The minimum absolute atomic E-state index is 0.0615. The smallest absolute Gasteiger partial charge is 0.339 e. The second-order valence-electron chi connectivity index (χ2n) is 9.30. The standard InChI is InChI=1S/C26H37N3O6P2S/c1-6-32-37(31,33-7-2)23(19-36(30)34-18-20(3)35-36)25-17-21-16-22(11-12-24(21)38-25)28(4)14-15-29(5)26-10-8-9-13-27-26/h8-13,16-17,20,23H,6-7,14-15,18-19H2,1-5H3/t20-,23?,36?/m1/s1. The summed E-state index contributed by atoms with van der Waals surface area (Å²) in [7, 11) is -3.00. The summed E-state index contributed by atoms with van der Waals surface area (Å²) in [6.45, 7) is 7.63. The number of hydrogen-bond donors (Lipinski definition) is 0. The quantitative estimate of drug-likeness (QED) is 0.202. The first-order chi connectivity index (χ1) is 18.2. The molecule has 12 heteroatoms. The van der Waals surface area contributed by atoms with Crippen LogP contribution < -0.4 is 9.80 Å². The van der Waals surface area contributed by atoms with Gasteiger partial charge < -0.3 is 27.9 Å². The average molecular weight is 582 g/mol. The average Bonchev–Trinajstić information content (AvgIpc) is 3.48. The van der Waals surface area contributed by atoms with E-state index in [1.54, 1.807) is 20.0 Å². The molecule has 2 unspecified atom stereocenters. The molecule has 9 nitrogen and oxygen atoms in total. The zero-order valence-electron chi connectivity index (χ0n) is 22.6. The van der Waals surface area contributed by atoms with Crippen LogP contribution in [0.5, 0.6) is 0 Å². The summed E-state index contributed by atoms with van der Waals surface area (Å²) in [6.07, 6.45) is 1.45. The van der Waals surface area contributed by atoms with Gasteiger partial charge in [0.15, 0.2) is 0 Å². The number of thiophene rings is 1. The van der Waals surface area contributed by atoms with Gasteiger partial charge in [0.1, 0.15) is 11.5 Å². The molecule has 0 saturated carbocycles.